The summed E-state index contributed by atoms with van der Waals surface area (Å²) in [7, 11) is 0. The van der Waals surface area contributed by atoms with E-state index < -0.39 is 17.4 Å². The molecule has 0 saturated carbocycles. The maximum atomic E-state index is 13.1. The van der Waals surface area contributed by atoms with Gasteiger partial charge in [0.2, 0.25) is 11.8 Å². The summed E-state index contributed by atoms with van der Waals surface area (Å²) in [6.45, 7) is 5.48. The zero-order chi connectivity index (χ0) is 27.1. The number of β-lactam (4-membered cyclic amide) rings is 1. The minimum Gasteiger partial charge on any atom is -0.477 e. The number of nitrogens with zero attached hydrogens (tertiary/aromatic N) is 2. The van der Waals surface area contributed by atoms with Crippen LogP contribution < -0.4 is 16.8 Å². The standard InChI is InChI=1S/C25H37N5O6S/c1-13(9-15(32)3-6-26)18-19-14(2)21(20(24(35)36)30(19)23(18)34)37-16-10-17(28-11-16)22(33)29-7-4-25(27,12-31)5-8-29/h12-14,16-19,28H,3-11,26-27H2,1-2H3,(H,35,36)/t13-,14+,16-,17-,18+,19+/m0/s1. The number of nitrogens with two attached hydrogens (primary N) is 2. The van der Waals surface area contributed by atoms with Crippen molar-refractivity contribution >= 4 is 41.6 Å². The Balaban J connectivity index is 1.40. The summed E-state index contributed by atoms with van der Waals surface area (Å²) in [5.74, 6) is -2.17. The van der Waals surface area contributed by atoms with Crippen LogP contribution in [0.1, 0.15) is 46.0 Å². The first-order valence-corrected chi connectivity index (χ1v) is 13.9. The van der Waals surface area contributed by atoms with Crippen LogP contribution in [0, 0.1) is 17.8 Å². The normalized spacial score (nSPS) is 31.7. The van der Waals surface area contributed by atoms with Crippen molar-refractivity contribution in [1.29, 1.82) is 0 Å². The third-order valence-electron chi connectivity index (χ3n) is 8.30. The Labute approximate surface area is 220 Å². The van der Waals surface area contributed by atoms with Crippen LogP contribution in [0.4, 0.5) is 0 Å². The highest BCUT2D eigenvalue weighted by molar-refractivity contribution is 8.03. The van der Waals surface area contributed by atoms with Gasteiger partial charge in [-0.1, -0.05) is 13.8 Å². The van der Waals surface area contributed by atoms with Crippen molar-refractivity contribution in [2.45, 2.75) is 68.8 Å². The maximum Gasteiger partial charge on any atom is 0.353 e. The van der Waals surface area contributed by atoms with E-state index in [9.17, 15) is 29.1 Å². The van der Waals surface area contributed by atoms with Crippen LogP contribution in [-0.4, -0.2) is 93.8 Å². The third kappa shape index (κ3) is 5.21. The molecule has 4 heterocycles. The Morgan fingerprint density at radius 3 is 2.57 bits per heavy atom. The largest absolute Gasteiger partial charge is 0.477 e. The van der Waals surface area contributed by atoms with Crippen molar-refractivity contribution in [3.8, 4) is 0 Å². The average molecular weight is 536 g/mol. The Morgan fingerprint density at radius 1 is 1.30 bits per heavy atom. The number of piperidine rings is 1. The molecular weight excluding hydrogens is 498 g/mol. The van der Waals surface area contributed by atoms with Crippen molar-refractivity contribution in [2.24, 2.45) is 29.2 Å². The molecule has 0 aliphatic carbocycles. The maximum absolute atomic E-state index is 13.1. The van der Waals surface area contributed by atoms with Crippen LogP contribution in [0.25, 0.3) is 0 Å². The van der Waals surface area contributed by atoms with Gasteiger partial charge in [-0.05, 0) is 31.7 Å². The van der Waals surface area contributed by atoms with E-state index in [0.29, 0.717) is 43.8 Å². The number of fused-ring (bicyclic) bond motifs is 1. The van der Waals surface area contributed by atoms with Crippen LogP contribution in [0.5, 0.6) is 0 Å². The smallest absolute Gasteiger partial charge is 0.353 e. The molecule has 3 fully saturated rings. The van der Waals surface area contributed by atoms with Gasteiger partial charge in [-0.2, -0.15) is 0 Å². The highest BCUT2D eigenvalue weighted by atomic mass is 32.2. The lowest BCUT2D eigenvalue weighted by Gasteiger charge is -2.47. The van der Waals surface area contributed by atoms with Crippen molar-refractivity contribution in [2.75, 3.05) is 26.2 Å². The Bertz CT molecular complexity index is 1010. The molecule has 4 aliphatic heterocycles. The number of ketones is 1. The molecule has 37 heavy (non-hydrogen) atoms. The summed E-state index contributed by atoms with van der Waals surface area (Å²) in [5.41, 5.74) is 10.7. The van der Waals surface area contributed by atoms with Gasteiger partial charge in [0.25, 0.3) is 0 Å². The number of carboxylic acid groups (broad SMARTS) is 1. The van der Waals surface area contributed by atoms with Gasteiger partial charge in [0.15, 0.2) is 0 Å². The molecule has 0 bridgehead atoms. The topological polar surface area (TPSA) is 176 Å². The predicted molar refractivity (Wildman–Crippen MR) is 137 cm³/mol. The van der Waals surface area contributed by atoms with Crippen molar-refractivity contribution in [3.05, 3.63) is 10.6 Å². The Hall–Kier alpha value is -2.28. The predicted octanol–water partition coefficient (Wildman–Crippen LogP) is -0.314. The number of Topliss-reactive ketones (excluding diaryl/α,β-unsaturated/α-hetero) is 1. The number of nitrogens with one attached hydrogen (secondary N) is 1. The lowest BCUT2D eigenvalue weighted by molar-refractivity contribution is -0.160. The quantitative estimate of drug-likeness (QED) is 0.214. The lowest BCUT2D eigenvalue weighted by atomic mass is 9.73. The second kappa shape index (κ2) is 10.8. The third-order valence-corrected chi connectivity index (χ3v) is 9.81. The number of carbonyl (C=O) groups excluding carboxylic acids is 4. The van der Waals surface area contributed by atoms with E-state index in [0.717, 1.165) is 6.29 Å². The SMILES string of the molecule is C[C@@H](CC(=O)CCN)[C@H]1C(=O)N2C(C(=O)O)=C(S[C@@H]3CN[C@H](C(=O)N4CCC(N)(C=O)CC4)C3)[C@H](C)[C@H]12. The van der Waals surface area contributed by atoms with Crippen LogP contribution in [0.2, 0.25) is 0 Å². The first-order valence-electron chi connectivity index (χ1n) is 13.0. The van der Waals surface area contributed by atoms with Gasteiger partial charge in [-0.3, -0.25) is 14.4 Å². The van der Waals surface area contributed by atoms with E-state index in [2.05, 4.69) is 5.32 Å². The number of hydrogen-bond donors (Lipinski definition) is 4. The summed E-state index contributed by atoms with van der Waals surface area (Å²) in [5, 5.41) is 13.2. The van der Waals surface area contributed by atoms with Gasteiger partial charge < -0.3 is 36.5 Å². The lowest BCUT2D eigenvalue weighted by Crippen LogP contribution is -2.62. The van der Waals surface area contributed by atoms with Crippen molar-refractivity contribution in [3.63, 3.8) is 0 Å². The number of aliphatic carboxylic acids is 1. The van der Waals surface area contributed by atoms with Gasteiger partial charge in [0.05, 0.1) is 23.5 Å². The number of aldehydes is 1. The summed E-state index contributed by atoms with van der Waals surface area (Å²) in [6.07, 6.45) is 2.69. The molecule has 204 valence electrons. The molecule has 0 aromatic heterocycles. The minimum absolute atomic E-state index is 0.0117. The summed E-state index contributed by atoms with van der Waals surface area (Å²) < 4.78 is 0. The second-order valence-corrected chi connectivity index (χ2v) is 12.2. The molecule has 6 atom stereocenters. The number of amides is 2. The number of carboxylic acids is 1. The second-order valence-electron chi connectivity index (χ2n) is 10.9. The molecule has 0 unspecified atom stereocenters. The zero-order valence-corrected chi connectivity index (χ0v) is 22.2. The minimum atomic E-state index is -1.14. The fraction of sp³-hybridized carbons (Fsp3) is 0.720. The molecule has 0 spiro atoms. The highest BCUT2D eigenvalue weighted by Gasteiger charge is 2.60. The van der Waals surface area contributed by atoms with E-state index in [-0.39, 0.29) is 71.9 Å². The molecule has 4 aliphatic rings. The zero-order valence-electron chi connectivity index (χ0n) is 21.4. The van der Waals surface area contributed by atoms with Gasteiger partial charge >= 0.3 is 5.97 Å². The fourth-order valence-electron chi connectivity index (χ4n) is 6.16. The van der Waals surface area contributed by atoms with E-state index in [1.807, 2.05) is 13.8 Å². The van der Waals surface area contributed by atoms with Gasteiger partial charge in [-0.15, -0.1) is 11.8 Å². The Morgan fingerprint density at radius 2 is 1.97 bits per heavy atom. The summed E-state index contributed by atoms with van der Waals surface area (Å²) in [6, 6.07) is -0.666. The molecule has 12 heteroatoms. The van der Waals surface area contributed by atoms with Crippen LogP contribution in [0.15, 0.2) is 10.6 Å². The van der Waals surface area contributed by atoms with Crippen LogP contribution >= 0.6 is 11.8 Å². The molecule has 11 nitrogen and oxygen atoms in total. The van der Waals surface area contributed by atoms with Crippen molar-refractivity contribution in [1.82, 2.24) is 15.1 Å². The first-order chi connectivity index (χ1) is 17.5. The summed E-state index contributed by atoms with van der Waals surface area (Å²) >= 11 is 1.44. The molecule has 0 aromatic carbocycles. The molecule has 4 rings (SSSR count). The van der Waals surface area contributed by atoms with Crippen LogP contribution in [0.3, 0.4) is 0 Å². The van der Waals surface area contributed by atoms with Crippen LogP contribution in [-0.2, 0) is 24.0 Å². The molecule has 2 amide bonds. The van der Waals surface area contributed by atoms with E-state index >= 15 is 0 Å². The summed E-state index contributed by atoms with van der Waals surface area (Å²) in [4.78, 5) is 65.4. The molecular formula is C25H37N5O6S. The number of likely N-dealkylation sites (tertiary alicyclic amines) is 1. The molecule has 3 saturated heterocycles. The van der Waals surface area contributed by atoms with Crippen molar-refractivity contribution < 1.29 is 29.1 Å². The van der Waals surface area contributed by atoms with E-state index in [1.165, 1.54) is 16.7 Å². The number of thioether (sulfide) groups is 1. The Kier molecular flexibility index (Phi) is 8.13. The number of rotatable bonds is 10. The van der Waals surface area contributed by atoms with E-state index in [1.54, 1.807) is 4.90 Å². The first kappa shape index (κ1) is 27.7. The van der Waals surface area contributed by atoms with Gasteiger partial charge in [0.1, 0.15) is 17.8 Å². The fourth-order valence-corrected chi connectivity index (χ4v) is 7.64. The van der Waals surface area contributed by atoms with Gasteiger partial charge in [0, 0.05) is 48.5 Å². The monoisotopic (exact) mass is 535 g/mol. The average Bonchev–Trinajstić information content (AvgIpc) is 3.41. The molecule has 6 N–H and O–H groups in total. The molecule has 0 radical (unpaired) electrons. The van der Waals surface area contributed by atoms with E-state index in [4.69, 9.17) is 11.5 Å². The number of carbonyl (C=O) groups is 5. The van der Waals surface area contributed by atoms with Gasteiger partial charge in [-0.25, -0.2) is 4.79 Å². The number of hydrogen-bond acceptors (Lipinski definition) is 9. The molecule has 0 aromatic rings. The highest BCUT2D eigenvalue weighted by Crippen LogP contribution is 2.53.